The van der Waals surface area contributed by atoms with Crippen molar-refractivity contribution in [2.45, 2.75) is 37.2 Å². The zero-order valence-electron chi connectivity index (χ0n) is 17.7. The van der Waals surface area contributed by atoms with Crippen molar-refractivity contribution in [3.63, 3.8) is 0 Å². The average Bonchev–Trinajstić information content (AvgIpc) is 3.15. The minimum atomic E-state index is -0.444. The number of aromatic nitrogens is 3. The molecule has 0 spiro atoms. The van der Waals surface area contributed by atoms with Crippen LogP contribution in [-0.2, 0) is 4.79 Å². The molecule has 1 amide bonds. The Balaban J connectivity index is 1.58. The Hall–Kier alpha value is -3.20. The molecule has 0 bridgehead atoms. The molecule has 4 rings (SSSR count). The van der Waals surface area contributed by atoms with Gasteiger partial charge in [-0.25, -0.2) is 4.68 Å². The maximum atomic E-state index is 13.3. The monoisotopic (exact) mass is 439 g/mol. The van der Waals surface area contributed by atoms with Gasteiger partial charge in [0, 0.05) is 5.69 Å². The highest BCUT2D eigenvalue weighted by molar-refractivity contribution is 8.00. The van der Waals surface area contributed by atoms with Gasteiger partial charge < -0.3 is 20.2 Å². The molecule has 9 heteroatoms. The highest BCUT2D eigenvalue weighted by atomic mass is 32.2. The molecule has 8 nitrogen and oxygen atoms in total. The molecule has 1 aliphatic heterocycles. The number of amides is 1. The molecule has 1 aliphatic rings. The van der Waals surface area contributed by atoms with Crippen molar-refractivity contribution in [2.75, 3.05) is 24.0 Å². The molecule has 31 heavy (non-hydrogen) atoms. The molecule has 2 atom stereocenters. The molecule has 0 aliphatic carbocycles. The summed E-state index contributed by atoms with van der Waals surface area (Å²) in [7, 11) is 0. The Morgan fingerprint density at radius 2 is 1.65 bits per heavy atom. The van der Waals surface area contributed by atoms with Crippen LogP contribution in [-0.4, -0.2) is 39.2 Å². The third-order valence-electron chi connectivity index (χ3n) is 4.84. The Labute approximate surface area is 185 Å². The summed E-state index contributed by atoms with van der Waals surface area (Å²) in [5.41, 5.74) is 5.09. The minimum absolute atomic E-state index is 0.118. The number of nitrogens with zero attached hydrogens (tertiary/aromatic N) is 3. The maximum Gasteiger partial charge on any atom is 0.240 e. The number of thioether (sulfide) groups is 1. The third kappa shape index (κ3) is 4.61. The maximum absolute atomic E-state index is 13.3. The van der Waals surface area contributed by atoms with E-state index in [4.69, 9.17) is 9.47 Å². The lowest BCUT2D eigenvalue weighted by atomic mass is 10.0. The third-order valence-corrected chi connectivity index (χ3v) is 6.06. The number of ether oxygens (including phenoxy) is 2. The number of hydrogen-bond acceptors (Lipinski definition) is 7. The van der Waals surface area contributed by atoms with E-state index in [9.17, 15) is 4.79 Å². The second-order valence-electron chi connectivity index (χ2n) is 6.96. The number of aryl methyl sites for hydroxylation is 1. The van der Waals surface area contributed by atoms with E-state index in [1.807, 2.05) is 74.0 Å². The van der Waals surface area contributed by atoms with Crippen LogP contribution >= 0.6 is 11.8 Å². The predicted molar refractivity (Wildman–Crippen MR) is 120 cm³/mol. The summed E-state index contributed by atoms with van der Waals surface area (Å²) in [6.45, 7) is 6.96. The summed E-state index contributed by atoms with van der Waals surface area (Å²) < 4.78 is 12.8. The molecule has 0 unspecified atom stereocenters. The Kier molecular flexibility index (Phi) is 6.31. The molecule has 1 aromatic heterocycles. The molecule has 162 valence electrons. The van der Waals surface area contributed by atoms with E-state index in [1.54, 1.807) is 0 Å². The fraction of sp³-hybridized carbons (Fsp3) is 0.318. The molecule has 0 fully saturated rings. The van der Waals surface area contributed by atoms with Gasteiger partial charge in [-0.15, -0.1) is 10.2 Å². The van der Waals surface area contributed by atoms with E-state index in [2.05, 4.69) is 20.9 Å². The molecule has 3 aromatic rings. The molecule has 2 N–H and O–H groups in total. The number of anilines is 1. The van der Waals surface area contributed by atoms with Gasteiger partial charge >= 0.3 is 0 Å². The van der Waals surface area contributed by atoms with Gasteiger partial charge in [0.05, 0.1) is 19.3 Å². The summed E-state index contributed by atoms with van der Waals surface area (Å²) in [6.07, 6.45) is 0. The number of rotatable bonds is 7. The van der Waals surface area contributed by atoms with Gasteiger partial charge in [0.15, 0.2) is 0 Å². The van der Waals surface area contributed by atoms with E-state index in [-0.39, 0.29) is 11.9 Å². The second kappa shape index (κ2) is 9.30. The summed E-state index contributed by atoms with van der Waals surface area (Å²) in [5, 5.41) is 11.6. The zero-order valence-corrected chi connectivity index (χ0v) is 18.5. The first-order valence-corrected chi connectivity index (χ1v) is 11.1. The SMILES string of the molecule is CCOc1ccc(NC(=O)[C@H]2Sc3nnc(C)n3N[C@@H]2c2ccc(OCC)cc2)cc1. The normalized spacial score (nSPS) is 17.4. The first-order chi connectivity index (χ1) is 15.1. The van der Waals surface area contributed by atoms with Gasteiger partial charge in [0.1, 0.15) is 22.6 Å². The molecule has 0 saturated heterocycles. The number of carbonyl (C=O) groups is 1. The molecule has 2 heterocycles. The summed E-state index contributed by atoms with van der Waals surface area (Å²) >= 11 is 1.39. The van der Waals surface area contributed by atoms with Crippen LogP contribution in [0.4, 0.5) is 5.69 Å². The molecular weight excluding hydrogens is 414 g/mol. The fourth-order valence-corrected chi connectivity index (χ4v) is 4.49. The number of nitrogens with one attached hydrogen (secondary N) is 2. The molecular formula is C22H25N5O3S. The Morgan fingerprint density at radius 3 is 2.26 bits per heavy atom. The average molecular weight is 440 g/mol. The van der Waals surface area contributed by atoms with Crippen molar-refractivity contribution < 1.29 is 14.3 Å². The molecule has 0 saturated carbocycles. The largest absolute Gasteiger partial charge is 0.494 e. The molecule has 2 aromatic carbocycles. The highest BCUT2D eigenvalue weighted by Gasteiger charge is 2.37. The lowest BCUT2D eigenvalue weighted by Gasteiger charge is -2.32. The van der Waals surface area contributed by atoms with Crippen LogP contribution in [0.2, 0.25) is 0 Å². The molecule has 0 radical (unpaired) electrons. The Bertz CT molecular complexity index is 1040. The topological polar surface area (TPSA) is 90.3 Å². The van der Waals surface area contributed by atoms with Crippen molar-refractivity contribution in [3.05, 3.63) is 59.9 Å². The van der Waals surface area contributed by atoms with Crippen LogP contribution in [0.5, 0.6) is 11.5 Å². The van der Waals surface area contributed by atoms with Crippen LogP contribution in [0.1, 0.15) is 31.3 Å². The van der Waals surface area contributed by atoms with Crippen molar-refractivity contribution in [1.29, 1.82) is 0 Å². The van der Waals surface area contributed by atoms with E-state index in [1.165, 1.54) is 11.8 Å². The quantitative estimate of drug-likeness (QED) is 0.579. The summed E-state index contributed by atoms with van der Waals surface area (Å²) in [5.74, 6) is 2.19. The van der Waals surface area contributed by atoms with Gasteiger partial charge in [-0.2, -0.15) is 0 Å². The van der Waals surface area contributed by atoms with Crippen LogP contribution in [0.15, 0.2) is 53.7 Å². The fourth-order valence-electron chi connectivity index (χ4n) is 3.36. The van der Waals surface area contributed by atoms with Crippen LogP contribution in [0.25, 0.3) is 0 Å². The first-order valence-electron chi connectivity index (χ1n) is 10.2. The lowest BCUT2D eigenvalue weighted by molar-refractivity contribution is -0.116. The number of benzene rings is 2. The highest BCUT2D eigenvalue weighted by Crippen LogP contribution is 2.38. The van der Waals surface area contributed by atoms with Gasteiger partial charge in [0.25, 0.3) is 0 Å². The van der Waals surface area contributed by atoms with Crippen LogP contribution in [0, 0.1) is 6.92 Å². The van der Waals surface area contributed by atoms with Gasteiger partial charge in [-0.05, 0) is 62.7 Å². The minimum Gasteiger partial charge on any atom is -0.494 e. The van der Waals surface area contributed by atoms with E-state index in [0.29, 0.717) is 24.1 Å². The van der Waals surface area contributed by atoms with E-state index >= 15 is 0 Å². The zero-order chi connectivity index (χ0) is 21.8. The van der Waals surface area contributed by atoms with Crippen molar-refractivity contribution in [3.8, 4) is 11.5 Å². The number of fused-ring (bicyclic) bond motifs is 1. The van der Waals surface area contributed by atoms with Gasteiger partial charge in [-0.1, -0.05) is 23.9 Å². The van der Waals surface area contributed by atoms with Crippen molar-refractivity contribution in [2.24, 2.45) is 0 Å². The van der Waals surface area contributed by atoms with Crippen LogP contribution < -0.4 is 20.2 Å². The standard InChI is InChI=1S/C22H25N5O3S/c1-4-29-17-10-6-15(7-11-17)19-20(31-22-25-24-14(3)27(22)26-19)21(28)23-16-8-12-18(13-9-16)30-5-2/h6-13,19-20,26H,4-5H2,1-3H3,(H,23,28)/t19-,20+/m1/s1. The van der Waals surface area contributed by atoms with Gasteiger partial charge in [0.2, 0.25) is 11.1 Å². The first kappa shape index (κ1) is 21.0. The second-order valence-corrected chi connectivity index (χ2v) is 8.07. The number of hydrogen-bond donors (Lipinski definition) is 2. The predicted octanol–water partition coefficient (Wildman–Crippen LogP) is 3.78. The Morgan fingerprint density at radius 1 is 1.03 bits per heavy atom. The summed E-state index contributed by atoms with van der Waals surface area (Å²) in [6, 6.07) is 14.9. The smallest absolute Gasteiger partial charge is 0.240 e. The van der Waals surface area contributed by atoms with Crippen LogP contribution in [0.3, 0.4) is 0 Å². The number of carbonyl (C=O) groups excluding carboxylic acids is 1. The van der Waals surface area contributed by atoms with Gasteiger partial charge in [-0.3, -0.25) is 4.79 Å². The van der Waals surface area contributed by atoms with Crippen molar-refractivity contribution in [1.82, 2.24) is 14.9 Å². The lowest BCUT2D eigenvalue weighted by Crippen LogP contribution is -2.41. The van der Waals surface area contributed by atoms with E-state index in [0.717, 1.165) is 22.9 Å². The van der Waals surface area contributed by atoms with Crippen molar-refractivity contribution >= 4 is 23.4 Å². The summed E-state index contributed by atoms with van der Waals surface area (Å²) in [4.78, 5) is 13.3. The van der Waals surface area contributed by atoms with E-state index < -0.39 is 5.25 Å².